The van der Waals surface area contributed by atoms with Gasteiger partial charge in [0.25, 0.3) is 5.91 Å². The Balaban J connectivity index is 2.02. The topological polar surface area (TPSA) is 95.5 Å². The molecule has 2 atom stereocenters. The van der Waals surface area contributed by atoms with E-state index >= 15 is 0 Å². The third-order valence-electron chi connectivity index (χ3n) is 5.35. The predicted octanol–water partition coefficient (Wildman–Crippen LogP) is 1.97. The van der Waals surface area contributed by atoms with Gasteiger partial charge >= 0.3 is 5.97 Å². The Morgan fingerprint density at radius 3 is 2.22 bits per heavy atom. The average molecular weight is 318 g/mol. The smallest absolute Gasteiger partial charge is 0.309 e. The zero-order chi connectivity index (χ0) is 17.3. The predicted molar refractivity (Wildman–Crippen MR) is 84.3 cm³/mol. The van der Waals surface area contributed by atoms with E-state index in [1.165, 1.54) is 0 Å². The first kappa shape index (κ1) is 17.0. The zero-order valence-electron chi connectivity index (χ0n) is 13.6. The summed E-state index contributed by atoms with van der Waals surface area (Å²) in [6.45, 7) is 5.25. The summed E-state index contributed by atoms with van der Waals surface area (Å²) in [5.74, 6) is -2.13. The number of hydrazine groups is 1. The molecule has 3 N–H and O–H groups in total. The molecular weight excluding hydrogens is 296 g/mol. The van der Waals surface area contributed by atoms with E-state index in [1.807, 2.05) is 0 Å². The third kappa shape index (κ3) is 2.93. The number of amides is 2. The number of hydrogen-bond donors (Lipinski definition) is 3. The van der Waals surface area contributed by atoms with Gasteiger partial charge in [-0.1, -0.05) is 32.0 Å². The lowest BCUT2D eigenvalue weighted by molar-refractivity contribution is -0.155. The van der Waals surface area contributed by atoms with Gasteiger partial charge in [0.05, 0.1) is 5.41 Å². The highest BCUT2D eigenvalue weighted by atomic mass is 16.4. The highest BCUT2D eigenvalue weighted by Gasteiger charge is 2.58. The van der Waals surface area contributed by atoms with Crippen LogP contribution in [0.1, 0.15) is 44.0 Å². The molecule has 1 fully saturated rings. The van der Waals surface area contributed by atoms with Crippen LogP contribution in [0.25, 0.3) is 0 Å². The van der Waals surface area contributed by atoms with Crippen molar-refractivity contribution in [2.24, 2.45) is 16.7 Å². The molecule has 1 aliphatic carbocycles. The van der Waals surface area contributed by atoms with Gasteiger partial charge in [0, 0.05) is 11.5 Å². The molecule has 0 bridgehead atoms. The van der Waals surface area contributed by atoms with Crippen molar-refractivity contribution in [3.63, 3.8) is 0 Å². The number of carbonyl (C=O) groups excluding carboxylic acids is 2. The largest absolute Gasteiger partial charge is 0.481 e. The van der Waals surface area contributed by atoms with Crippen molar-refractivity contribution in [2.45, 2.75) is 33.6 Å². The van der Waals surface area contributed by atoms with Gasteiger partial charge in [-0.3, -0.25) is 25.2 Å². The van der Waals surface area contributed by atoms with E-state index in [0.717, 1.165) is 0 Å². The number of carboxylic acid groups (broad SMARTS) is 1. The minimum absolute atomic E-state index is 0.357. The van der Waals surface area contributed by atoms with Crippen LogP contribution in [0.2, 0.25) is 0 Å². The Morgan fingerprint density at radius 2 is 1.70 bits per heavy atom. The molecule has 1 aromatic carbocycles. The van der Waals surface area contributed by atoms with E-state index in [4.69, 9.17) is 0 Å². The first-order valence-electron chi connectivity index (χ1n) is 7.59. The van der Waals surface area contributed by atoms with E-state index in [9.17, 15) is 19.5 Å². The molecule has 1 saturated carbocycles. The summed E-state index contributed by atoms with van der Waals surface area (Å²) in [5, 5.41) is 9.47. The number of carboxylic acids is 1. The number of rotatable bonds is 3. The molecule has 23 heavy (non-hydrogen) atoms. The van der Waals surface area contributed by atoms with Crippen LogP contribution in [0.15, 0.2) is 30.3 Å². The summed E-state index contributed by atoms with van der Waals surface area (Å²) in [6, 6.07) is 8.54. The molecule has 2 unspecified atom stereocenters. The van der Waals surface area contributed by atoms with Crippen LogP contribution in [-0.2, 0) is 9.59 Å². The van der Waals surface area contributed by atoms with Crippen molar-refractivity contribution >= 4 is 17.8 Å². The van der Waals surface area contributed by atoms with Gasteiger partial charge < -0.3 is 5.11 Å². The van der Waals surface area contributed by atoms with E-state index in [2.05, 4.69) is 10.9 Å². The van der Waals surface area contributed by atoms with Crippen molar-refractivity contribution in [1.82, 2.24) is 10.9 Å². The quantitative estimate of drug-likeness (QED) is 0.743. The minimum atomic E-state index is -0.960. The van der Waals surface area contributed by atoms with Crippen LogP contribution >= 0.6 is 0 Å². The molecule has 1 aliphatic rings. The van der Waals surface area contributed by atoms with Crippen LogP contribution in [0.5, 0.6) is 0 Å². The molecular formula is C17H22N2O4. The maximum absolute atomic E-state index is 12.4. The summed E-state index contributed by atoms with van der Waals surface area (Å²) >= 11 is 0. The average Bonchev–Trinajstić information content (AvgIpc) is 2.77. The van der Waals surface area contributed by atoms with Gasteiger partial charge in [-0.25, -0.2) is 0 Å². The minimum Gasteiger partial charge on any atom is -0.481 e. The second-order valence-corrected chi connectivity index (χ2v) is 6.76. The van der Waals surface area contributed by atoms with Crippen LogP contribution in [0.3, 0.4) is 0 Å². The number of aliphatic carboxylic acids is 1. The van der Waals surface area contributed by atoms with E-state index in [1.54, 1.807) is 51.1 Å². The van der Waals surface area contributed by atoms with Gasteiger partial charge in [-0.2, -0.15) is 0 Å². The summed E-state index contributed by atoms with van der Waals surface area (Å²) in [6.07, 6.45) is 0.906. The Morgan fingerprint density at radius 1 is 1.09 bits per heavy atom. The van der Waals surface area contributed by atoms with E-state index in [-0.39, 0.29) is 5.91 Å². The van der Waals surface area contributed by atoms with Crippen molar-refractivity contribution in [3.8, 4) is 0 Å². The Labute approximate surface area is 135 Å². The van der Waals surface area contributed by atoms with Gasteiger partial charge in [0.15, 0.2) is 0 Å². The summed E-state index contributed by atoms with van der Waals surface area (Å²) in [5.41, 5.74) is 3.58. The Bertz CT molecular complexity index is 627. The molecule has 0 aliphatic heterocycles. The maximum atomic E-state index is 12.4. The van der Waals surface area contributed by atoms with Crippen LogP contribution in [-0.4, -0.2) is 22.9 Å². The Hall–Kier alpha value is -2.37. The molecule has 1 aromatic rings. The number of carbonyl (C=O) groups is 3. The highest BCUT2D eigenvalue weighted by molar-refractivity contribution is 5.95. The van der Waals surface area contributed by atoms with Gasteiger partial charge in [0.2, 0.25) is 5.91 Å². The van der Waals surface area contributed by atoms with Crippen molar-refractivity contribution < 1.29 is 19.5 Å². The second kappa shape index (κ2) is 6.02. The molecule has 2 rings (SSSR count). The zero-order valence-corrected chi connectivity index (χ0v) is 13.6. The SMILES string of the molecule is CC1(C(=O)O)CCC(C(=O)NNC(=O)c2ccccc2)C1(C)C. The molecule has 6 heteroatoms. The summed E-state index contributed by atoms with van der Waals surface area (Å²) < 4.78 is 0. The fraction of sp³-hybridized carbons (Fsp3) is 0.471. The van der Waals surface area contributed by atoms with E-state index in [0.29, 0.717) is 18.4 Å². The summed E-state index contributed by atoms with van der Waals surface area (Å²) in [4.78, 5) is 35.9. The van der Waals surface area contributed by atoms with Crippen LogP contribution in [0, 0.1) is 16.7 Å². The first-order chi connectivity index (χ1) is 10.7. The monoisotopic (exact) mass is 318 g/mol. The lowest BCUT2D eigenvalue weighted by atomic mass is 9.65. The lowest BCUT2D eigenvalue weighted by Gasteiger charge is -2.37. The molecule has 0 spiro atoms. The molecule has 2 amide bonds. The van der Waals surface area contributed by atoms with Gasteiger partial charge in [-0.15, -0.1) is 0 Å². The molecule has 0 heterocycles. The van der Waals surface area contributed by atoms with Crippen molar-refractivity contribution in [2.75, 3.05) is 0 Å². The molecule has 0 aromatic heterocycles. The molecule has 0 saturated heterocycles. The summed E-state index contributed by atoms with van der Waals surface area (Å²) in [7, 11) is 0. The number of benzene rings is 1. The lowest BCUT2D eigenvalue weighted by Crippen LogP contribution is -2.49. The normalized spacial score (nSPS) is 25.6. The van der Waals surface area contributed by atoms with E-state index < -0.39 is 28.6 Å². The number of nitrogens with one attached hydrogen (secondary N) is 2. The van der Waals surface area contributed by atoms with Crippen LogP contribution < -0.4 is 10.9 Å². The third-order valence-corrected chi connectivity index (χ3v) is 5.35. The second-order valence-electron chi connectivity index (χ2n) is 6.76. The van der Waals surface area contributed by atoms with Crippen LogP contribution in [0.4, 0.5) is 0 Å². The fourth-order valence-electron chi connectivity index (χ4n) is 3.21. The maximum Gasteiger partial charge on any atom is 0.309 e. The van der Waals surface area contributed by atoms with Gasteiger partial charge in [-0.05, 0) is 37.3 Å². The Kier molecular flexibility index (Phi) is 4.45. The van der Waals surface area contributed by atoms with Gasteiger partial charge in [0.1, 0.15) is 0 Å². The molecule has 6 nitrogen and oxygen atoms in total. The van der Waals surface area contributed by atoms with Crippen molar-refractivity contribution in [1.29, 1.82) is 0 Å². The molecule has 0 radical (unpaired) electrons. The standard InChI is InChI=1S/C17H22N2O4/c1-16(2)12(9-10-17(16,3)15(22)23)14(21)19-18-13(20)11-7-5-4-6-8-11/h4-8,12H,9-10H2,1-3H3,(H,18,20)(H,19,21)(H,22,23). The fourth-order valence-corrected chi connectivity index (χ4v) is 3.21. The number of hydrogen-bond acceptors (Lipinski definition) is 3. The highest BCUT2D eigenvalue weighted by Crippen LogP contribution is 2.56. The van der Waals surface area contributed by atoms with Crippen molar-refractivity contribution in [3.05, 3.63) is 35.9 Å². The molecule has 124 valence electrons. The first-order valence-corrected chi connectivity index (χ1v) is 7.59.